The Morgan fingerprint density at radius 1 is 1.05 bits per heavy atom. The van der Waals surface area contributed by atoms with Gasteiger partial charge in [-0.2, -0.15) is 0 Å². The molecule has 0 unspecified atom stereocenters. The fourth-order valence-corrected chi connectivity index (χ4v) is 4.98. The highest BCUT2D eigenvalue weighted by Crippen LogP contribution is 2.32. The third-order valence-corrected chi connectivity index (χ3v) is 7.38. The van der Waals surface area contributed by atoms with Gasteiger partial charge in [-0.3, -0.25) is 14.2 Å². The predicted octanol–water partition coefficient (Wildman–Crippen LogP) is 4.70. The van der Waals surface area contributed by atoms with Gasteiger partial charge in [0.1, 0.15) is 11.5 Å². The minimum atomic E-state index is -0.236. The van der Waals surface area contributed by atoms with Crippen molar-refractivity contribution >= 4 is 40.0 Å². The molecule has 4 rings (SSSR count). The summed E-state index contributed by atoms with van der Waals surface area (Å²) in [5, 5.41) is 17.1. The van der Waals surface area contributed by atoms with Gasteiger partial charge < -0.3 is 20.1 Å². The number of benzene rings is 2. The highest BCUT2D eigenvalue weighted by Gasteiger charge is 2.21. The summed E-state index contributed by atoms with van der Waals surface area (Å²) in [5.41, 5.74) is 2.29. The van der Waals surface area contributed by atoms with E-state index >= 15 is 0 Å². The van der Waals surface area contributed by atoms with E-state index in [1.807, 2.05) is 24.3 Å². The molecule has 12 heteroatoms. The molecule has 2 amide bonds. The first-order valence-electron chi connectivity index (χ1n) is 12.1. The lowest BCUT2D eigenvalue weighted by atomic mass is 9.87. The average molecular weight is 567 g/mol. The zero-order valence-electron chi connectivity index (χ0n) is 22.3. The number of hydrogen-bond donors (Lipinski definition) is 2. The molecule has 0 bridgehead atoms. The van der Waals surface area contributed by atoms with E-state index in [0.29, 0.717) is 38.9 Å². The average Bonchev–Trinajstić information content (AvgIpc) is 3.59. The number of carbonyl (C=O) groups is 2. The number of rotatable bonds is 10. The van der Waals surface area contributed by atoms with Gasteiger partial charge in [0.25, 0.3) is 5.91 Å². The molecule has 0 aliphatic rings. The van der Waals surface area contributed by atoms with E-state index < -0.39 is 0 Å². The molecular weight excluding hydrogens is 536 g/mol. The number of hydrogen-bond acceptors (Lipinski definition) is 9. The van der Waals surface area contributed by atoms with Gasteiger partial charge in [-0.05, 0) is 35.2 Å². The molecule has 39 heavy (non-hydrogen) atoms. The largest absolute Gasteiger partial charge is 0.497 e. The van der Waals surface area contributed by atoms with Crippen LogP contribution in [0.1, 0.15) is 42.5 Å². The summed E-state index contributed by atoms with van der Waals surface area (Å²) in [6.45, 7) is 6.47. The Kier molecular flexibility index (Phi) is 8.87. The summed E-state index contributed by atoms with van der Waals surface area (Å²) in [7, 11) is 3.13. The number of amides is 2. The molecule has 0 radical (unpaired) electrons. The molecule has 2 heterocycles. The first kappa shape index (κ1) is 28.1. The third kappa shape index (κ3) is 6.95. The molecule has 0 aliphatic heterocycles. The fraction of sp³-hybridized carbons (Fsp3) is 0.296. The predicted molar refractivity (Wildman–Crippen MR) is 152 cm³/mol. The first-order chi connectivity index (χ1) is 18.7. The molecule has 0 aliphatic carbocycles. The second-order valence-electron chi connectivity index (χ2n) is 9.46. The van der Waals surface area contributed by atoms with E-state index in [1.54, 1.807) is 48.6 Å². The first-order valence-corrected chi connectivity index (χ1v) is 13.9. The van der Waals surface area contributed by atoms with E-state index in [9.17, 15) is 9.59 Å². The number of anilines is 1. The third-order valence-electron chi connectivity index (χ3n) is 5.76. The van der Waals surface area contributed by atoms with Gasteiger partial charge in [-0.1, -0.05) is 44.7 Å². The van der Waals surface area contributed by atoms with E-state index in [0.717, 1.165) is 5.56 Å². The minimum Gasteiger partial charge on any atom is -0.497 e. The zero-order valence-corrected chi connectivity index (χ0v) is 24.0. The molecule has 2 aromatic heterocycles. The van der Waals surface area contributed by atoms with Crippen LogP contribution in [0.4, 0.5) is 5.13 Å². The number of aromatic nitrogens is 4. The molecule has 204 valence electrons. The molecule has 10 nitrogen and oxygen atoms in total. The van der Waals surface area contributed by atoms with E-state index in [4.69, 9.17) is 9.47 Å². The standard InChI is InChI=1S/C27H30N6O4S2/c1-27(2,3)18-8-6-17(7-9-18)24(35)29-15-22-31-32-26(39-16-23(34)30-25-28-12-13-38-25)33(22)20-14-19(36-4)10-11-21(20)37-5/h6-14H,15-16H2,1-5H3,(H,29,35)(H,28,30,34). The number of methoxy groups -OCH3 is 2. The van der Waals surface area contributed by atoms with Crippen molar-refractivity contribution in [3.05, 3.63) is 71.0 Å². The lowest BCUT2D eigenvalue weighted by Crippen LogP contribution is -2.25. The zero-order chi connectivity index (χ0) is 28.0. The quantitative estimate of drug-likeness (QED) is 0.265. The van der Waals surface area contributed by atoms with Crippen LogP contribution in [0.2, 0.25) is 0 Å². The number of thiazole rings is 1. The summed E-state index contributed by atoms with van der Waals surface area (Å²) in [5.74, 6) is 1.23. The van der Waals surface area contributed by atoms with Crippen molar-refractivity contribution in [2.24, 2.45) is 0 Å². The molecule has 2 aromatic carbocycles. The Labute approximate surface area is 235 Å². The monoisotopic (exact) mass is 566 g/mol. The lowest BCUT2D eigenvalue weighted by Gasteiger charge is -2.19. The van der Waals surface area contributed by atoms with Crippen LogP contribution in [-0.2, 0) is 16.8 Å². The minimum absolute atomic E-state index is 0.00746. The van der Waals surface area contributed by atoms with Crippen LogP contribution in [0.3, 0.4) is 0 Å². The highest BCUT2D eigenvalue weighted by atomic mass is 32.2. The second kappa shape index (κ2) is 12.3. The van der Waals surface area contributed by atoms with E-state index in [1.165, 1.54) is 23.1 Å². The topological polar surface area (TPSA) is 120 Å². The van der Waals surface area contributed by atoms with Gasteiger partial charge in [0.05, 0.1) is 32.2 Å². The highest BCUT2D eigenvalue weighted by molar-refractivity contribution is 7.99. The Balaban J connectivity index is 1.58. The number of carbonyl (C=O) groups excluding carboxylic acids is 2. The summed E-state index contributed by atoms with van der Waals surface area (Å²) >= 11 is 2.54. The van der Waals surface area contributed by atoms with Gasteiger partial charge in [-0.15, -0.1) is 21.5 Å². The van der Waals surface area contributed by atoms with Gasteiger partial charge in [0.2, 0.25) is 5.91 Å². The molecule has 2 N–H and O–H groups in total. The molecule has 0 saturated carbocycles. The van der Waals surface area contributed by atoms with Crippen molar-refractivity contribution in [2.45, 2.75) is 37.9 Å². The fourth-order valence-electron chi connectivity index (χ4n) is 3.68. The van der Waals surface area contributed by atoms with Gasteiger partial charge in [0.15, 0.2) is 16.1 Å². The van der Waals surface area contributed by atoms with Crippen molar-refractivity contribution in [2.75, 3.05) is 25.3 Å². The van der Waals surface area contributed by atoms with Crippen LogP contribution in [0.5, 0.6) is 11.5 Å². The number of nitrogens with one attached hydrogen (secondary N) is 2. The van der Waals surface area contributed by atoms with Crippen molar-refractivity contribution in [1.29, 1.82) is 0 Å². The maximum absolute atomic E-state index is 12.9. The number of nitrogens with zero attached hydrogens (tertiary/aromatic N) is 4. The van der Waals surface area contributed by atoms with Crippen molar-refractivity contribution < 1.29 is 19.1 Å². The summed E-state index contributed by atoms with van der Waals surface area (Å²) in [6, 6.07) is 12.9. The number of thioether (sulfide) groups is 1. The van der Waals surface area contributed by atoms with Gasteiger partial charge in [0, 0.05) is 23.2 Å². The molecule has 0 fully saturated rings. The van der Waals surface area contributed by atoms with Crippen LogP contribution in [-0.4, -0.2) is 51.5 Å². The van der Waals surface area contributed by atoms with Crippen molar-refractivity contribution in [3.63, 3.8) is 0 Å². The Hall–Kier alpha value is -3.90. The van der Waals surface area contributed by atoms with Crippen LogP contribution >= 0.6 is 23.1 Å². The summed E-state index contributed by atoms with van der Waals surface area (Å²) in [4.78, 5) is 29.5. The van der Waals surface area contributed by atoms with Crippen LogP contribution < -0.4 is 20.1 Å². The SMILES string of the molecule is COc1ccc(OC)c(-n2c(CNC(=O)c3ccc(C(C)(C)C)cc3)nnc2SCC(=O)Nc2nccs2)c1. The molecule has 0 saturated heterocycles. The Bertz CT molecular complexity index is 1430. The van der Waals surface area contributed by atoms with Gasteiger partial charge >= 0.3 is 0 Å². The molecule has 0 atom stereocenters. The van der Waals surface area contributed by atoms with E-state index in [2.05, 4.69) is 46.6 Å². The molecular formula is C27H30N6O4S2. The maximum Gasteiger partial charge on any atom is 0.251 e. The van der Waals surface area contributed by atoms with Crippen molar-refractivity contribution in [1.82, 2.24) is 25.1 Å². The Morgan fingerprint density at radius 2 is 1.82 bits per heavy atom. The molecule has 4 aromatic rings. The summed E-state index contributed by atoms with van der Waals surface area (Å²) in [6.07, 6.45) is 1.62. The maximum atomic E-state index is 12.9. The van der Waals surface area contributed by atoms with E-state index in [-0.39, 0.29) is 29.5 Å². The number of ether oxygens (including phenoxy) is 2. The summed E-state index contributed by atoms with van der Waals surface area (Å²) < 4.78 is 12.8. The van der Waals surface area contributed by atoms with Crippen LogP contribution in [0.15, 0.2) is 59.2 Å². The smallest absolute Gasteiger partial charge is 0.251 e. The second-order valence-corrected chi connectivity index (χ2v) is 11.3. The lowest BCUT2D eigenvalue weighted by molar-refractivity contribution is -0.113. The van der Waals surface area contributed by atoms with Crippen LogP contribution in [0.25, 0.3) is 5.69 Å². The van der Waals surface area contributed by atoms with Gasteiger partial charge in [-0.25, -0.2) is 4.98 Å². The van der Waals surface area contributed by atoms with Crippen LogP contribution in [0, 0.1) is 0 Å². The molecule has 0 spiro atoms. The normalized spacial score (nSPS) is 11.2. The Morgan fingerprint density at radius 3 is 2.46 bits per heavy atom. The van der Waals surface area contributed by atoms with Crippen molar-refractivity contribution in [3.8, 4) is 17.2 Å².